The number of piperidine rings is 1. The summed E-state index contributed by atoms with van der Waals surface area (Å²) in [5.41, 5.74) is 2.23. The fourth-order valence-corrected chi connectivity index (χ4v) is 2.70. The topological polar surface area (TPSA) is 59.1 Å². The van der Waals surface area contributed by atoms with Crippen LogP contribution in [0.25, 0.3) is 0 Å². The van der Waals surface area contributed by atoms with Gasteiger partial charge in [-0.05, 0) is 55.6 Å². The van der Waals surface area contributed by atoms with Crippen LogP contribution in [0.1, 0.15) is 24.3 Å². The van der Waals surface area contributed by atoms with Crippen molar-refractivity contribution < 1.29 is 4.74 Å². The number of anilines is 2. The Hall–Kier alpha value is -2.14. The lowest BCUT2D eigenvalue weighted by Gasteiger charge is -2.23. The lowest BCUT2D eigenvalue weighted by atomic mass is 9.90. The average molecular weight is 284 g/mol. The first-order chi connectivity index (χ1) is 10.4. The largest absolute Gasteiger partial charge is 0.495 e. The van der Waals surface area contributed by atoms with E-state index in [4.69, 9.17) is 4.74 Å². The molecular formula is C16H20N4O. The molecule has 5 nitrogen and oxygen atoms in total. The summed E-state index contributed by atoms with van der Waals surface area (Å²) < 4.78 is 5.52. The lowest BCUT2D eigenvalue weighted by Crippen LogP contribution is -2.26. The zero-order valence-corrected chi connectivity index (χ0v) is 12.2. The van der Waals surface area contributed by atoms with E-state index in [1.165, 1.54) is 18.4 Å². The molecule has 1 aliphatic heterocycles. The van der Waals surface area contributed by atoms with Crippen molar-refractivity contribution in [2.24, 2.45) is 0 Å². The van der Waals surface area contributed by atoms with E-state index < -0.39 is 0 Å². The van der Waals surface area contributed by atoms with E-state index in [0.717, 1.165) is 24.5 Å². The average Bonchev–Trinajstić information content (AvgIpc) is 2.57. The van der Waals surface area contributed by atoms with Crippen LogP contribution in [-0.2, 0) is 0 Å². The van der Waals surface area contributed by atoms with E-state index >= 15 is 0 Å². The Balaban J connectivity index is 1.81. The molecule has 110 valence electrons. The molecule has 1 aromatic carbocycles. The second-order valence-electron chi connectivity index (χ2n) is 5.18. The molecule has 1 aromatic heterocycles. The summed E-state index contributed by atoms with van der Waals surface area (Å²) in [4.78, 5) is 8.35. The second-order valence-corrected chi connectivity index (χ2v) is 5.18. The number of benzene rings is 1. The highest BCUT2D eigenvalue weighted by Crippen LogP contribution is 2.33. The minimum absolute atomic E-state index is 0.574. The van der Waals surface area contributed by atoms with Crippen molar-refractivity contribution in [3.05, 3.63) is 42.2 Å². The molecule has 1 fully saturated rings. The third-order valence-corrected chi connectivity index (χ3v) is 3.85. The molecule has 0 spiro atoms. The SMILES string of the molecule is COc1cc(C2CCNCC2)ccc1Nc1ncccn1. The molecule has 2 N–H and O–H groups in total. The summed E-state index contributed by atoms with van der Waals surface area (Å²) in [6.07, 6.45) is 5.78. The number of nitrogens with one attached hydrogen (secondary N) is 2. The minimum atomic E-state index is 0.574. The van der Waals surface area contributed by atoms with Crippen molar-refractivity contribution in [3.8, 4) is 5.75 Å². The molecular weight excluding hydrogens is 264 g/mol. The summed E-state index contributed by atoms with van der Waals surface area (Å²) in [7, 11) is 1.69. The predicted octanol–water partition coefficient (Wildman–Crippen LogP) is 2.70. The van der Waals surface area contributed by atoms with Crippen molar-refractivity contribution in [3.63, 3.8) is 0 Å². The van der Waals surface area contributed by atoms with Crippen molar-refractivity contribution in [1.82, 2.24) is 15.3 Å². The van der Waals surface area contributed by atoms with Crippen LogP contribution in [0.4, 0.5) is 11.6 Å². The molecule has 2 aromatic rings. The number of hydrogen-bond donors (Lipinski definition) is 2. The summed E-state index contributed by atoms with van der Waals surface area (Å²) >= 11 is 0. The summed E-state index contributed by atoms with van der Waals surface area (Å²) in [5, 5.41) is 6.59. The van der Waals surface area contributed by atoms with Crippen LogP contribution in [0.3, 0.4) is 0 Å². The van der Waals surface area contributed by atoms with Crippen molar-refractivity contribution in [1.29, 1.82) is 0 Å². The van der Waals surface area contributed by atoms with Crippen molar-refractivity contribution >= 4 is 11.6 Å². The molecule has 0 bridgehead atoms. The number of methoxy groups -OCH3 is 1. The number of ether oxygens (including phenoxy) is 1. The molecule has 0 amide bonds. The molecule has 0 atom stereocenters. The smallest absolute Gasteiger partial charge is 0.227 e. The predicted molar refractivity (Wildman–Crippen MR) is 83.2 cm³/mol. The van der Waals surface area contributed by atoms with Crippen LogP contribution in [-0.4, -0.2) is 30.2 Å². The van der Waals surface area contributed by atoms with E-state index in [-0.39, 0.29) is 0 Å². The van der Waals surface area contributed by atoms with Crippen LogP contribution < -0.4 is 15.4 Å². The van der Waals surface area contributed by atoms with Gasteiger partial charge in [-0.3, -0.25) is 0 Å². The first kappa shape index (κ1) is 13.8. The molecule has 0 saturated carbocycles. The van der Waals surface area contributed by atoms with Gasteiger partial charge in [-0.25, -0.2) is 9.97 Å². The Kier molecular flexibility index (Phi) is 4.31. The molecule has 5 heteroatoms. The number of nitrogens with zero attached hydrogens (tertiary/aromatic N) is 2. The normalized spacial score (nSPS) is 15.7. The Morgan fingerprint density at radius 1 is 1.19 bits per heavy atom. The van der Waals surface area contributed by atoms with Crippen LogP contribution >= 0.6 is 0 Å². The molecule has 1 saturated heterocycles. The maximum absolute atomic E-state index is 5.52. The van der Waals surface area contributed by atoms with Crippen LogP contribution in [0.5, 0.6) is 5.75 Å². The zero-order valence-electron chi connectivity index (χ0n) is 12.2. The van der Waals surface area contributed by atoms with Gasteiger partial charge in [-0.15, -0.1) is 0 Å². The fourth-order valence-electron chi connectivity index (χ4n) is 2.70. The van der Waals surface area contributed by atoms with Gasteiger partial charge < -0.3 is 15.4 Å². The fraction of sp³-hybridized carbons (Fsp3) is 0.375. The van der Waals surface area contributed by atoms with Gasteiger partial charge in [0, 0.05) is 12.4 Å². The van der Waals surface area contributed by atoms with E-state index in [1.54, 1.807) is 25.6 Å². The molecule has 21 heavy (non-hydrogen) atoms. The standard InChI is InChI=1S/C16H20N4O/c1-21-15-11-13(12-5-9-17-10-6-12)3-4-14(15)20-16-18-7-2-8-19-16/h2-4,7-8,11-12,17H,5-6,9-10H2,1H3,(H,18,19,20). The molecule has 0 unspecified atom stereocenters. The van der Waals surface area contributed by atoms with Crippen molar-refractivity contribution in [2.75, 3.05) is 25.5 Å². The van der Waals surface area contributed by atoms with E-state index in [1.807, 2.05) is 6.07 Å². The Morgan fingerprint density at radius 3 is 2.67 bits per heavy atom. The summed E-state index contributed by atoms with van der Waals surface area (Å²) in [6.45, 7) is 2.18. The maximum atomic E-state index is 5.52. The van der Waals surface area contributed by atoms with Gasteiger partial charge in [0.2, 0.25) is 5.95 Å². The zero-order chi connectivity index (χ0) is 14.5. The third kappa shape index (κ3) is 3.31. The molecule has 3 rings (SSSR count). The minimum Gasteiger partial charge on any atom is -0.495 e. The van der Waals surface area contributed by atoms with Gasteiger partial charge in [0.15, 0.2) is 0 Å². The van der Waals surface area contributed by atoms with Crippen molar-refractivity contribution in [2.45, 2.75) is 18.8 Å². The van der Waals surface area contributed by atoms with Gasteiger partial charge >= 0.3 is 0 Å². The number of rotatable bonds is 4. The van der Waals surface area contributed by atoms with Gasteiger partial charge in [-0.1, -0.05) is 6.07 Å². The Labute approximate surface area is 124 Å². The highest BCUT2D eigenvalue weighted by molar-refractivity contribution is 5.63. The number of aromatic nitrogens is 2. The molecule has 0 radical (unpaired) electrons. The third-order valence-electron chi connectivity index (χ3n) is 3.85. The van der Waals surface area contributed by atoms with Gasteiger partial charge in [-0.2, -0.15) is 0 Å². The van der Waals surface area contributed by atoms with E-state index in [9.17, 15) is 0 Å². The van der Waals surface area contributed by atoms with E-state index in [2.05, 4.69) is 32.7 Å². The van der Waals surface area contributed by atoms with Crippen LogP contribution in [0.2, 0.25) is 0 Å². The first-order valence-electron chi connectivity index (χ1n) is 7.29. The quantitative estimate of drug-likeness (QED) is 0.904. The molecule has 1 aliphatic rings. The lowest BCUT2D eigenvalue weighted by molar-refractivity contribution is 0.413. The second kappa shape index (κ2) is 6.54. The van der Waals surface area contributed by atoms with Gasteiger partial charge in [0.05, 0.1) is 12.8 Å². The first-order valence-corrected chi connectivity index (χ1v) is 7.29. The summed E-state index contributed by atoms with van der Waals surface area (Å²) in [5.74, 6) is 2.02. The molecule has 0 aliphatic carbocycles. The number of hydrogen-bond acceptors (Lipinski definition) is 5. The molecule has 2 heterocycles. The Bertz CT molecular complexity index is 582. The maximum Gasteiger partial charge on any atom is 0.227 e. The van der Waals surface area contributed by atoms with Crippen LogP contribution in [0.15, 0.2) is 36.7 Å². The van der Waals surface area contributed by atoms with Gasteiger partial charge in [0.1, 0.15) is 5.75 Å². The highest BCUT2D eigenvalue weighted by atomic mass is 16.5. The van der Waals surface area contributed by atoms with E-state index in [0.29, 0.717) is 11.9 Å². The van der Waals surface area contributed by atoms with Crippen LogP contribution in [0, 0.1) is 0 Å². The summed E-state index contributed by atoms with van der Waals surface area (Å²) in [6, 6.07) is 8.14. The monoisotopic (exact) mass is 284 g/mol. The Morgan fingerprint density at radius 2 is 1.95 bits per heavy atom. The van der Waals surface area contributed by atoms with Gasteiger partial charge in [0.25, 0.3) is 0 Å². The highest BCUT2D eigenvalue weighted by Gasteiger charge is 2.17.